The van der Waals surface area contributed by atoms with Crippen LogP contribution in [0.4, 0.5) is 10.5 Å². The van der Waals surface area contributed by atoms with E-state index in [-0.39, 0.29) is 12.1 Å². The van der Waals surface area contributed by atoms with Gasteiger partial charge in [0.15, 0.2) is 0 Å². The van der Waals surface area contributed by atoms with Gasteiger partial charge in [-0.05, 0) is 36.6 Å². The molecule has 3 rings (SSSR count). The van der Waals surface area contributed by atoms with Crippen LogP contribution in [0.15, 0.2) is 60.0 Å². The lowest BCUT2D eigenvalue weighted by Gasteiger charge is -2.22. The van der Waals surface area contributed by atoms with Gasteiger partial charge < -0.3 is 20.1 Å². The molecule has 0 aliphatic carbocycles. The number of carbonyl (C=O) groups excluding carboxylic acids is 2. The van der Waals surface area contributed by atoms with Gasteiger partial charge in [0.1, 0.15) is 11.0 Å². The molecule has 0 radical (unpaired) electrons. The molecule has 13 heteroatoms. The summed E-state index contributed by atoms with van der Waals surface area (Å²) in [4.78, 5) is 30.0. The monoisotopic (exact) mass is 562 g/mol. The molecule has 0 saturated carbocycles. The van der Waals surface area contributed by atoms with Crippen LogP contribution in [0.3, 0.4) is 0 Å². The lowest BCUT2D eigenvalue weighted by molar-refractivity contribution is -0.123. The second-order valence-corrected chi connectivity index (χ2v) is 10.3. The van der Waals surface area contributed by atoms with E-state index in [1.807, 2.05) is 47.4 Å². The molecular formula is C25H30N4O7S2. The molecule has 1 aromatic heterocycles. The van der Waals surface area contributed by atoms with E-state index in [2.05, 4.69) is 15.6 Å². The maximum absolute atomic E-state index is 13.4. The number of nitrogens with zero attached hydrogens (tertiary/aromatic N) is 1. The smallest absolute Gasteiger partial charge is 0.407 e. The number of nitrogens with one attached hydrogen (secondary N) is 3. The van der Waals surface area contributed by atoms with Crippen LogP contribution in [-0.4, -0.2) is 49.7 Å². The van der Waals surface area contributed by atoms with Gasteiger partial charge in [0, 0.05) is 18.4 Å². The van der Waals surface area contributed by atoms with Crippen LogP contribution in [-0.2, 0) is 44.0 Å². The molecule has 0 bridgehead atoms. The van der Waals surface area contributed by atoms with Crippen molar-refractivity contribution in [2.75, 3.05) is 18.4 Å². The number of hydrogen-bond donors (Lipinski definition) is 4. The van der Waals surface area contributed by atoms with Gasteiger partial charge in [-0.2, -0.15) is 8.42 Å². The average molecular weight is 563 g/mol. The number of rotatable bonds is 13. The third-order valence-electron chi connectivity index (χ3n) is 5.36. The predicted octanol–water partition coefficient (Wildman–Crippen LogP) is 3.26. The van der Waals surface area contributed by atoms with Crippen LogP contribution in [0.2, 0.25) is 0 Å². The van der Waals surface area contributed by atoms with Gasteiger partial charge in [0.05, 0.1) is 31.1 Å². The summed E-state index contributed by atoms with van der Waals surface area (Å²) >= 11 is 1.37. The molecule has 204 valence electrons. The van der Waals surface area contributed by atoms with Crippen LogP contribution in [0.5, 0.6) is 0 Å². The normalized spacial score (nSPS) is 12.8. The Bertz CT molecular complexity index is 1300. The lowest BCUT2D eigenvalue weighted by atomic mass is 10.0. The number of anilines is 1. The quantitative estimate of drug-likeness (QED) is 0.231. The number of amides is 2. The van der Waals surface area contributed by atoms with E-state index < -0.39 is 34.4 Å². The van der Waals surface area contributed by atoms with E-state index in [0.717, 1.165) is 16.8 Å². The average Bonchev–Trinajstić information content (AvgIpc) is 3.36. The van der Waals surface area contributed by atoms with Gasteiger partial charge in [-0.15, -0.1) is 11.3 Å². The van der Waals surface area contributed by atoms with Gasteiger partial charge in [-0.1, -0.05) is 42.5 Å². The molecule has 0 aliphatic heterocycles. The van der Waals surface area contributed by atoms with Crippen LogP contribution in [0, 0.1) is 0 Å². The van der Waals surface area contributed by atoms with Crippen molar-refractivity contribution in [2.45, 2.75) is 38.5 Å². The summed E-state index contributed by atoms with van der Waals surface area (Å²) in [6.07, 6.45) is -0.152. The predicted molar refractivity (Wildman–Crippen MR) is 143 cm³/mol. The summed E-state index contributed by atoms with van der Waals surface area (Å²) in [5, 5.41) is 8.10. The number of thiazole rings is 1. The number of benzene rings is 2. The summed E-state index contributed by atoms with van der Waals surface area (Å²) in [5.41, 5.74) is 2.55. The molecule has 0 fully saturated rings. The topological polar surface area (TPSA) is 156 Å². The molecule has 2 atom stereocenters. The van der Waals surface area contributed by atoms with Crippen LogP contribution >= 0.6 is 11.3 Å². The van der Waals surface area contributed by atoms with E-state index in [1.165, 1.54) is 30.6 Å². The number of alkyl carbamates (subject to hydrolysis) is 1. The Morgan fingerprint density at radius 2 is 1.71 bits per heavy atom. The number of hydrogen-bond acceptors (Lipinski definition) is 8. The summed E-state index contributed by atoms with van der Waals surface area (Å²) < 4.78 is 43.3. The first-order valence-corrected chi connectivity index (χ1v) is 14.0. The van der Waals surface area contributed by atoms with Crippen molar-refractivity contribution in [3.05, 3.63) is 81.8 Å². The van der Waals surface area contributed by atoms with E-state index >= 15 is 0 Å². The molecule has 0 saturated heterocycles. The molecular weight excluding hydrogens is 532 g/mol. The van der Waals surface area contributed by atoms with Crippen LogP contribution in [0.1, 0.15) is 34.8 Å². The summed E-state index contributed by atoms with van der Waals surface area (Å²) in [6.45, 7) is 2.76. The van der Waals surface area contributed by atoms with Crippen LogP contribution in [0.25, 0.3) is 0 Å². The SMILES string of the molecule is CCOCc1csc([C@H](Cc2ccc(NS(=O)(=O)O)cc2)NC(=O)[C@H](Cc2ccccc2)NC(=O)OC)n1. The minimum Gasteiger partial charge on any atom is -0.453 e. The highest BCUT2D eigenvalue weighted by atomic mass is 32.2. The molecule has 4 N–H and O–H groups in total. The fourth-order valence-electron chi connectivity index (χ4n) is 3.58. The molecule has 2 aromatic carbocycles. The minimum atomic E-state index is -4.40. The Hall–Kier alpha value is -3.52. The molecule has 38 heavy (non-hydrogen) atoms. The van der Waals surface area contributed by atoms with Gasteiger partial charge in [-0.3, -0.25) is 14.1 Å². The molecule has 11 nitrogen and oxygen atoms in total. The fraction of sp³-hybridized carbons (Fsp3) is 0.320. The van der Waals surface area contributed by atoms with Crippen LogP contribution < -0.4 is 15.4 Å². The molecule has 2 amide bonds. The minimum absolute atomic E-state index is 0.190. The molecule has 0 spiro atoms. The van der Waals surface area contributed by atoms with Gasteiger partial charge in [0.25, 0.3) is 0 Å². The van der Waals surface area contributed by atoms with Gasteiger partial charge >= 0.3 is 16.4 Å². The number of ether oxygens (including phenoxy) is 2. The highest BCUT2D eigenvalue weighted by Gasteiger charge is 2.26. The Balaban J connectivity index is 1.84. The van der Waals surface area contributed by atoms with Crippen molar-refractivity contribution in [3.63, 3.8) is 0 Å². The Morgan fingerprint density at radius 3 is 2.34 bits per heavy atom. The lowest BCUT2D eigenvalue weighted by Crippen LogP contribution is -2.49. The van der Waals surface area contributed by atoms with E-state index in [9.17, 15) is 18.0 Å². The van der Waals surface area contributed by atoms with Crippen molar-refractivity contribution in [1.82, 2.24) is 15.6 Å². The summed E-state index contributed by atoms with van der Waals surface area (Å²) in [6, 6.07) is 14.2. The molecule has 0 aliphatic rings. The highest BCUT2D eigenvalue weighted by molar-refractivity contribution is 7.87. The number of methoxy groups -OCH3 is 1. The number of carbonyl (C=O) groups is 2. The first-order chi connectivity index (χ1) is 18.2. The Morgan fingerprint density at radius 1 is 1.03 bits per heavy atom. The zero-order valence-corrected chi connectivity index (χ0v) is 22.6. The van der Waals surface area contributed by atoms with Gasteiger partial charge in [0.2, 0.25) is 5.91 Å². The van der Waals surface area contributed by atoms with E-state index in [4.69, 9.17) is 14.0 Å². The van der Waals surface area contributed by atoms with Crippen molar-refractivity contribution in [2.24, 2.45) is 0 Å². The molecule has 0 unspecified atom stereocenters. The third kappa shape index (κ3) is 9.41. The molecule has 1 heterocycles. The first-order valence-electron chi connectivity index (χ1n) is 11.7. The fourth-order valence-corrected chi connectivity index (χ4v) is 4.87. The summed E-state index contributed by atoms with van der Waals surface area (Å²) in [5.74, 6) is -0.421. The number of aromatic nitrogens is 1. The largest absolute Gasteiger partial charge is 0.453 e. The van der Waals surface area contributed by atoms with E-state index in [0.29, 0.717) is 24.6 Å². The van der Waals surface area contributed by atoms with Crippen molar-refractivity contribution in [1.29, 1.82) is 0 Å². The van der Waals surface area contributed by atoms with E-state index in [1.54, 1.807) is 12.1 Å². The van der Waals surface area contributed by atoms with Crippen molar-refractivity contribution in [3.8, 4) is 0 Å². The van der Waals surface area contributed by atoms with Crippen molar-refractivity contribution < 1.29 is 32.0 Å². The highest BCUT2D eigenvalue weighted by Crippen LogP contribution is 2.24. The maximum atomic E-state index is 13.4. The zero-order chi connectivity index (χ0) is 27.5. The molecule has 3 aromatic rings. The summed E-state index contributed by atoms with van der Waals surface area (Å²) in [7, 11) is -3.17. The second-order valence-electron chi connectivity index (χ2n) is 8.23. The zero-order valence-electron chi connectivity index (χ0n) is 20.9. The Kier molecular flexibility index (Phi) is 10.6. The second kappa shape index (κ2) is 13.9. The van der Waals surface area contributed by atoms with Gasteiger partial charge in [-0.25, -0.2) is 9.78 Å². The van der Waals surface area contributed by atoms with Crippen molar-refractivity contribution >= 4 is 39.3 Å². The standard InChI is InChI=1S/C25H30N4O7S2/c1-3-36-15-20-16-37-24(26-20)22(14-18-9-11-19(12-10-18)29-38(32,33)34)27-23(30)21(28-25(31)35-2)13-17-7-5-4-6-8-17/h4-12,16,21-22,29H,3,13-15H2,1-2H3,(H,27,30)(H,28,31)(H,32,33,34)/t21-,22-/m0/s1. The Labute approximate surface area is 225 Å². The third-order valence-corrected chi connectivity index (χ3v) is 6.86. The first kappa shape index (κ1) is 29.0. The maximum Gasteiger partial charge on any atom is 0.407 e.